The molecule has 1 amide bonds. The van der Waals surface area contributed by atoms with E-state index < -0.39 is 0 Å². The van der Waals surface area contributed by atoms with E-state index in [1.807, 2.05) is 25.1 Å². The third-order valence-electron chi connectivity index (χ3n) is 4.11. The van der Waals surface area contributed by atoms with Crippen molar-refractivity contribution >= 4 is 11.6 Å². The van der Waals surface area contributed by atoms with Crippen LogP contribution in [0, 0.1) is 5.92 Å². The van der Waals surface area contributed by atoms with Crippen LogP contribution in [0.2, 0.25) is 0 Å². The average molecular weight is 275 g/mol. The Balaban J connectivity index is 2.04. The molecule has 2 unspecified atom stereocenters. The fraction of sp³-hybridized carbons (Fsp3) is 0.562. The van der Waals surface area contributed by atoms with Gasteiger partial charge in [0.2, 0.25) is 5.91 Å². The standard InChI is InChI=1S/C16H25N3O/c1-11(2)12(3)18-16(20)10-19-9-8-14(17)13-6-4-5-7-15(13)19/h4-7,11-12,14H,8-10,17H2,1-3H3,(H,18,20). The highest BCUT2D eigenvalue weighted by molar-refractivity contribution is 5.82. The summed E-state index contributed by atoms with van der Waals surface area (Å²) in [5.74, 6) is 0.525. The molecule has 0 radical (unpaired) electrons. The van der Waals surface area contributed by atoms with E-state index in [0.29, 0.717) is 12.5 Å². The lowest BCUT2D eigenvalue weighted by atomic mass is 9.97. The molecule has 0 fully saturated rings. The van der Waals surface area contributed by atoms with Gasteiger partial charge in [0, 0.05) is 24.3 Å². The molecule has 4 nitrogen and oxygen atoms in total. The summed E-state index contributed by atoms with van der Waals surface area (Å²) in [5, 5.41) is 3.06. The second kappa shape index (κ2) is 6.27. The Bertz CT molecular complexity index is 473. The number of anilines is 1. The molecular weight excluding hydrogens is 250 g/mol. The summed E-state index contributed by atoms with van der Waals surface area (Å²) in [6.07, 6.45) is 0.893. The quantitative estimate of drug-likeness (QED) is 0.884. The molecule has 1 aromatic rings. The van der Waals surface area contributed by atoms with Crippen LogP contribution < -0.4 is 16.0 Å². The zero-order chi connectivity index (χ0) is 14.7. The number of amides is 1. The Morgan fingerprint density at radius 1 is 1.40 bits per heavy atom. The van der Waals surface area contributed by atoms with E-state index in [1.54, 1.807) is 0 Å². The van der Waals surface area contributed by atoms with Crippen LogP contribution in [-0.4, -0.2) is 25.0 Å². The molecule has 4 heteroatoms. The first-order valence-electron chi connectivity index (χ1n) is 7.38. The van der Waals surface area contributed by atoms with Crippen molar-refractivity contribution in [2.75, 3.05) is 18.0 Å². The molecule has 1 heterocycles. The smallest absolute Gasteiger partial charge is 0.239 e. The van der Waals surface area contributed by atoms with Gasteiger partial charge in [0.1, 0.15) is 0 Å². The fourth-order valence-corrected chi connectivity index (χ4v) is 2.46. The lowest BCUT2D eigenvalue weighted by Crippen LogP contribution is -2.45. The number of fused-ring (bicyclic) bond motifs is 1. The second-order valence-electron chi connectivity index (χ2n) is 5.98. The van der Waals surface area contributed by atoms with Crippen molar-refractivity contribution in [2.45, 2.75) is 39.3 Å². The third kappa shape index (κ3) is 3.31. The average Bonchev–Trinajstić information content (AvgIpc) is 2.42. The minimum Gasteiger partial charge on any atom is -0.362 e. The van der Waals surface area contributed by atoms with Gasteiger partial charge in [-0.2, -0.15) is 0 Å². The van der Waals surface area contributed by atoms with Crippen molar-refractivity contribution in [3.05, 3.63) is 29.8 Å². The summed E-state index contributed by atoms with van der Waals surface area (Å²) < 4.78 is 0. The first kappa shape index (κ1) is 14.9. The van der Waals surface area contributed by atoms with Crippen molar-refractivity contribution in [1.82, 2.24) is 5.32 Å². The lowest BCUT2D eigenvalue weighted by Gasteiger charge is -2.34. The molecular formula is C16H25N3O. The molecule has 2 atom stereocenters. The number of carbonyl (C=O) groups excluding carboxylic acids is 1. The molecule has 2 rings (SSSR count). The molecule has 0 bridgehead atoms. The zero-order valence-corrected chi connectivity index (χ0v) is 12.6. The van der Waals surface area contributed by atoms with Crippen LogP contribution in [0.1, 0.15) is 38.8 Å². The molecule has 3 N–H and O–H groups in total. The minimum absolute atomic E-state index is 0.0801. The lowest BCUT2D eigenvalue weighted by molar-refractivity contribution is -0.120. The molecule has 1 aliphatic heterocycles. The van der Waals surface area contributed by atoms with Crippen LogP contribution in [0.4, 0.5) is 5.69 Å². The Kier molecular flexibility index (Phi) is 4.65. The molecule has 0 aliphatic carbocycles. The van der Waals surface area contributed by atoms with E-state index in [4.69, 9.17) is 5.73 Å². The van der Waals surface area contributed by atoms with Crippen molar-refractivity contribution in [1.29, 1.82) is 0 Å². The summed E-state index contributed by atoms with van der Waals surface area (Å²) in [5.41, 5.74) is 8.37. The van der Waals surface area contributed by atoms with E-state index in [1.165, 1.54) is 0 Å². The summed E-state index contributed by atoms with van der Waals surface area (Å²) in [6, 6.07) is 8.39. The van der Waals surface area contributed by atoms with Crippen molar-refractivity contribution in [3.8, 4) is 0 Å². The minimum atomic E-state index is 0.0801. The van der Waals surface area contributed by atoms with E-state index >= 15 is 0 Å². The van der Waals surface area contributed by atoms with Gasteiger partial charge in [-0.1, -0.05) is 32.0 Å². The van der Waals surface area contributed by atoms with Gasteiger partial charge in [-0.05, 0) is 30.9 Å². The van der Waals surface area contributed by atoms with Crippen molar-refractivity contribution in [3.63, 3.8) is 0 Å². The predicted molar refractivity (Wildman–Crippen MR) is 82.6 cm³/mol. The Hall–Kier alpha value is -1.55. The number of hydrogen-bond acceptors (Lipinski definition) is 3. The second-order valence-corrected chi connectivity index (χ2v) is 5.98. The summed E-state index contributed by atoms with van der Waals surface area (Å²) in [6.45, 7) is 7.51. The molecule has 1 aromatic carbocycles. The number of nitrogens with two attached hydrogens (primary N) is 1. The summed E-state index contributed by atoms with van der Waals surface area (Å²) >= 11 is 0. The van der Waals surface area contributed by atoms with Gasteiger partial charge in [-0.15, -0.1) is 0 Å². The van der Waals surface area contributed by atoms with Crippen molar-refractivity contribution in [2.24, 2.45) is 11.7 Å². The summed E-state index contributed by atoms with van der Waals surface area (Å²) in [7, 11) is 0. The number of hydrogen-bond donors (Lipinski definition) is 2. The van der Waals surface area contributed by atoms with E-state index in [2.05, 4.69) is 30.1 Å². The van der Waals surface area contributed by atoms with Gasteiger partial charge in [0.25, 0.3) is 0 Å². The largest absolute Gasteiger partial charge is 0.362 e. The Morgan fingerprint density at radius 3 is 2.80 bits per heavy atom. The molecule has 110 valence electrons. The molecule has 0 saturated heterocycles. The first-order valence-corrected chi connectivity index (χ1v) is 7.38. The Morgan fingerprint density at radius 2 is 2.10 bits per heavy atom. The number of carbonyl (C=O) groups is 1. The van der Waals surface area contributed by atoms with Crippen LogP contribution >= 0.6 is 0 Å². The number of nitrogens with one attached hydrogen (secondary N) is 1. The molecule has 0 aromatic heterocycles. The topological polar surface area (TPSA) is 58.4 Å². The van der Waals surface area contributed by atoms with Gasteiger partial charge < -0.3 is 16.0 Å². The molecule has 0 saturated carbocycles. The van der Waals surface area contributed by atoms with E-state index in [0.717, 1.165) is 24.2 Å². The highest BCUT2D eigenvalue weighted by Crippen LogP contribution is 2.31. The summed E-state index contributed by atoms with van der Waals surface area (Å²) in [4.78, 5) is 14.3. The Labute approximate surface area is 121 Å². The van der Waals surface area contributed by atoms with Gasteiger partial charge >= 0.3 is 0 Å². The molecule has 1 aliphatic rings. The van der Waals surface area contributed by atoms with E-state index in [-0.39, 0.29) is 18.0 Å². The van der Waals surface area contributed by atoms with Crippen LogP contribution in [0.25, 0.3) is 0 Å². The number of benzene rings is 1. The fourth-order valence-electron chi connectivity index (χ4n) is 2.46. The van der Waals surface area contributed by atoms with Crippen LogP contribution in [0.5, 0.6) is 0 Å². The third-order valence-corrected chi connectivity index (χ3v) is 4.11. The van der Waals surface area contributed by atoms with Crippen molar-refractivity contribution < 1.29 is 4.79 Å². The number of nitrogens with zero attached hydrogens (tertiary/aromatic N) is 1. The van der Waals surface area contributed by atoms with Crippen LogP contribution in [-0.2, 0) is 4.79 Å². The van der Waals surface area contributed by atoms with Gasteiger partial charge in [-0.25, -0.2) is 0 Å². The monoisotopic (exact) mass is 275 g/mol. The van der Waals surface area contributed by atoms with Gasteiger partial charge in [0.15, 0.2) is 0 Å². The molecule has 20 heavy (non-hydrogen) atoms. The normalized spacial score (nSPS) is 19.6. The van der Waals surface area contributed by atoms with Gasteiger partial charge in [-0.3, -0.25) is 4.79 Å². The highest BCUT2D eigenvalue weighted by Gasteiger charge is 2.24. The van der Waals surface area contributed by atoms with Crippen LogP contribution in [0.3, 0.4) is 0 Å². The number of rotatable bonds is 4. The van der Waals surface area contributed by atoms with E-state index in [9.17, 15) is 4.79 Å². The van der Waals surface area contributed by atoms with Gasteiger partial charge in [0.05, 0.1) is 6.54 Å². The predicted octanol–water partition coefficient (Wildman–Crippen LogP) is 2.06. The maximum absolute atomic E-state index is 12.1. The maximum Gasteiger partial charge on any atom is 0.239 e. The highest BCUT2D eigenvalue weighted by atomic mass is 16.2. The maximum atomic E-state index is 12.1. The molecule has 0 spiro atoms. The first-order chi connectivity index (χ1) is 9.49. The SMILES string of the molecule is CC(C)C(C)NC(=O)CN1CCC(N)c2ccccc21. The zero-order valence-electron chi connectivity index (χ0n) is 12.6. The van der Waals surface area contributed by atoms with Crippen LogP contribution in [0.15, 0.2) is 24.3 Å². The number of para-hydroxylation sites is 1.